The lowest BCUT2D eigenvalue weighted by Gasteiger charge is -2.40. The molecule has 0 aromatic rings. The Bertz CT molecular complexity index is 576. The van der Waals surface area contributed by atoms with Gasteiger partial charge in [-0.25, -0.2) is 4.79 Å². The van der Waals surface area contributed by atoms with E-state index in [-0.39, 0.29) is 13.8 Å². The molecule has 2 atom stereocenters. The van der Waals surface area contributed by atoms with Crippen LogP contribution in [-0.4, -0.2) is 94.4 Å². The smallest absolute Gasteiger partial charge is 0.409 e. The number of piperazine rings is 1. The van der Waals surface area contributed by atoms with E-state index in [0.29, 0.717) is 24.7 Å². The monoisotopic (exact) mass is 453 g/mol. The first-order chi connectivity index (χ1) is 15.6. The van der Waals surface area contributed by atoms with Crippen LogP contribution in [-0.2, 0) is 9.47 Å². The van der Waals surface area contributed by atoms with Gasteiger partial charge in [0.15, 0.2) is 0 Å². The van der Waals surface area contributed by atoms with E-state index < -0.39 is 0 Å². The standard InChI is InChI=1S/C24H45N5O3.H2/c1-28-10-12-29(13-11-28)24(30)32-17-18-4-3-5-21(14-18)27-23-25-15-20(16-26-23)19-6-8-22(31-2)9-7-19;/h18-23,25-27H,3-17H2,1-2H3;1H. The van der Waals surface area contributed by atoms with Gasteiger partial charge in [-0.15, -0.1) is 0 Å². The van der Waals surface area contributed by atoms with Crippen molar-refractivity contribution in [2.24, 2.45) is 17.8 Å². The number of nitrogens with zero attached hydrogens (tertiary/aromatic N) is 2. The predicted octanol–water partition coefficient (Wildman–Crippen LogP) is 2.06. The minimum atomic E-state index is -0.130. The van der Waals surface area contributed by atoms with Crippen molar-refractivity contribution in [1.29, 1.82) is 0 Å². The minimum Gasteiger partial charge on any atom is -0.449 e. The molecule has 0 radical (unpaired) electrons. The van der Waals surface area contributed by atoms with Gasteiger partial charge in [0.25, 0.3) is 0 Å². The summed E-state index contributed by atoms with van der Waals surface area (Å²) in [5, 5.41) is 11.2. The second kappa shape index (κ2) is 12.0. The second-order valence-electron chi connectivity index (χ2n) is 10.5. The molecule has 0 aromatic heterocycles. The van der Waals surface area contributed by atoms with Crippen LogP contribution in [0.5, 0.6) is 0 Å². The number of nitrogens with one attached hydrogen (secondary N) is 3. The highest BCUT2D eigenvalue weighted by Crippen LogP contribution is 2.32. The summed E-state index contributed by atoms with van der Waals surface area (Å²) in [7, 11) is 3.94. The Kier molecular flexibility index (Phi) is 9.06. The number of carbonyl (C=O) groups is 1. The van der Waals surface area contributed by atoms with Crippen LogP contribution in [0.3, 0.4) is 0 Å². The van der Waals surface area contributed by atoms with Crippen LogP contribution in [0.25, 0.3) is 0 Å². The normalized spacial score (nSPS) is 37.2. The first kappa shape index (κ1) is 24.2. The van der Waals surface area contributed by atoms with Crippen LogP contribution < -0.4 is 16.0 Å². The van der Waals surface area contributed by atoms with E-state index in [1.54, 1.807) is 0 Å². The zero-order valence-corrected chi connectivity index (χ0v) is 20.2. The van der Waals surface area contributed by atoms with Gasteiger partial charge < -0.3 is 19.3 Å². The molecule has 186 valence electrons. The fourth-order valence-electron chi connectivity index (χ4n) is 6.03. The number of ether oxygens (including phenoxy) is 2. The number of amides is 1. The van der Waals surface area contributed by atoms with Crippen LogP contribution in [0.2, 0.25) is 0 Å². The summed E-state index contributed by atoms with van der Waals surface area (Å²) in [6, 6.07) is 0.481. The molecule has 4 rings (SSSR count). The van der Waals surface area contributed by atoms with Crippen molar-refractivity contribution >= 4 is 6.09 Å². The highest BCUT2D eigenvalue weighted by Gasteiger charge is 2.32. The Morgan fingerprint density at radius 2 is 1.72 bits per heavy atom. The van der Waals surface area contributed by atoms with E-state index in [2.05, 4.69) is 27.9 Å². The van der Waals surface area contributed by atoms with Gasteiger partial charge in [0, 0.05) is 53.8 Å². The van der Waals surface area contributed by atoms with E-state index in [1.165, 1.54) is 38.5 Å². The maximum atomic E-state index is 12.4. The van der Waals surface area contributed by atoms with E-state index in [0.717, 1.165) is 63.9 Å². The van der Waals surface area contributed by atoms with E-state index in [9.17, 15) is 4.79 Å². The van der Waals surface area contributed by atoms with Crippen molar-refractivity contribution in [2.45, 2.75) is 69.8 Å². The van der Waals surface area contributed by atoms with Crippen molar-refractivity contribution in [3.05, 3.63) is 0 Å². The number of carbonyl (C=O) groups excluding carboxylic acids is 1. The van der Waals surface area contributed by atoms with Crippen LogP contribution in [0, 0.1) is 17.8 Å². The lowest BCUT2D eigenvalue weighted by atomic mass is 9.78. The lowest BCUT2D eigenvalue weighted by molar-refractivity contribution is 0.0408. The van der Waals surface area contributed by atoms with Crippen molar-refractivity contribution in [2.75, 3.05) is 60.0 Å². The van der Waals surface area contributed by atoms with Crippen LogP contribution in [0.1, 0.15) is 52.8 Å². The first-order valence-electron chi connectivity index (χ1n) is 13.0. The summed E-state index contributed by atoms with van der Waals surface area (Å²) in [5.74, 6) is 2.00. The molecule has 2 saturated heterocycles. The van der Waals surface area contributed by atoms with Gasteiger partial charge in [-0.2, -0.15) is 0 Å². The molecule has 2 heterocycles. The van der Waals surface area contributed by atoms with Gasteiger partial charge in [0.1, 0.15) is 6.29 Å². The Morgan fingerprint density at radius 1 is 1.00 bits per heavy atom. The summed E-state index contributed by atoms with van der Waals surface area (Å²) >= 11 is 0. The average molecular weight is 454 g/mol. The molecule has 2 saturated carbocycles. The van der Waals surface area contributed by atoms with Gasteiger partial charge in [-0.1, -0.05) is 6.42 Å². The molecular weight excluding hydrogens is 406 g/mol. The van der Waals surface area contributed by atoms with Gasteiger partial charge in [-0.05, 0) is 69.7 Å². The minimum absolute atomic E-state index is 0. The molecule has 8 nitrogen and oxygen atoms in total. The molecule has 1 amide bonds. The van der Waals surface area contributed by atoms with Gasteiger partial charge >= 0.3 is 6.09 Å². The van der Waals surface area contributed by atoms with E-state index in [4.69, 9.17) is 9.47 Å². The predicted molar refractivity (Wildman–Crippen MR) is 127 cm³/mol. The number of hydrogen-bond acceptors (Lipinski definition) is 7. The van der Waals surface area contributed by atoms with Crippen LogP contribution in [0.4, 0.5) is 4.79 Å². The maximum absolute atomic E-state index is 12.4. The SMILES string of the molecule is COC1CCC(C2CNC(NC3CCCC(COC(=O)N4CCN(C)CC4)C3)NC2)CC1.[HH]. The fourth-order valence-corrected chi connectivity index (χ4v) is 6.03. The highest BCUT2D eigenvalue weighted by molar-refractivity contribution is 5.67. The third-order valence-electron chi connectivity index (χ3n) is 8.28. The molecule has 3 N–H and O–H groups in total. The summed E-state index contributed by atoms with van der Waals surface area (Å²) < 4.78 is 11.2. The molecule has 2 unspecified atom stereocenters. The van der Waals surface area contributed by atoms with Gasteiger partial charge in [-0.3, -0.25) is 16.0 Å². The van der Waals surface area contributed by atoms with Crippen molar-refractivity contribution < 1.29 is 15.7 Å². The van der Waals surface area contributed by atoms with Gasteiger partial charge in [0.2, 0.25) is 0 Å². The van der Waals surface area contributed by atoms with Gasteiger partial charge in [0.05, 0.1) is 12.7 Å². The molecule has 0 aromatic carbocycles. The second-order valence-corrected chi connectivity index (χ2v) is 10.5. The molecule has 4 fully saturated rings. The molecule has 0 bridgehead atoms. The van der Waals surface area contributed by atoms with Crippen molar-refractivity contribution in [3.63, 3.8) is 0 Å². The zero-order chi connectivity index (χ0) is 22.3. The molecule has 8 heteroatoms. The van der Waals surface area contributed by atoms with E-state index >= 15 is 0 Å². The Hall–Kier alpha value is -0.930. The van der Waals surface area contributed by atoms with Crippen LogP contribution in [0.15, 0.2) is 0 Å². The number of hydrogen-bond donors (Lipinski definition) is 3. The largest absolute Gasteiger partial charge is 0.449 e. The number of likely N-dealkylation sites (N-methyl/N-ethyl adjacent to an activating group) is 1. The quantitative estimate of drug-likeness (QED) is 0.568. The fraction of sp³-hybridized carbons (Fsp3) is 0.958. The molecule has 2 aliphatic heterocycles. The molecule has 32 heavy (non-hydrogen) atoms. The Labute approximate surface area is 195 Å². The van der Waals surface area contributed by atoms with Crippen molar-refractivity contribution in [3.8, 4) is 0 Å². The summed E-state index contributed by atoms with van der Waals surface area (Å²) in [4.78, 5) is 16.5. The number of methoxy groups -OCH3 is 1. The molecule has 4 aliphatic rings. The third kappa shape index (κ3) is 6.79. The lowest BCUT2D eigenvalue weighted by Crippen LogP contribution is -2.63. The average Bonchev–Trinajstić information content (AvgIpc) is 2.84. The van der Waals surface area contributed by atoms with E-state index in [1.807, 2.05) is 12.0 Å². The Balaban J connectivity index is 0.00000306. The van der Waals surface area contributed by atoms with Crippen LogP contribution >= 0.6 is 0 Å². The van der Waals surface area contributed by atoms with Crippen molar-refractivity contribution in [1.82, 2.24) is 25.8 Å². The molecular formula is C24H47N5O3. The molecule has 2 aliphatic carbocycles. The number of rotatable bonds is 6. The topological polar surface area (TPSA) is 78.1 Å². The molecule has 0 spiro atoms. The Morgan fingerprint density at radius 3 is 2.41 bits per heavy atom. The zero-order valence-electron chi connectivity index (χ0n) is 20.2. The third-order valence-corrected chi connectivity index (χ3v) is 8.28. The summed E-state index contributed by atoms with van der Waals surface area (Å²) in [5.41, 5.74) is 0. The summed E-state index contributed by atoms with van der Waals surface area (Å²) in [6.07, 6.45) is 10.2. The highest BCUT2D eigenvalue weighted by atomic mass is 16.6. The summed E-state index contributed by atoms with van der Waals surface area (Å²) in [6.45, 7) is 6.15. The maximum Gasteiger partial charge on any atom is 0.409 e. The first-order valence-corrected chi connectivity index (χ1v) is 13.0.